The van der Waals surface area contributed by atoms with Crippen LogP contribution in [-0.4, -0.2) is 12.2 Å². The molecule has 0 unspecified atom stereocenters. The Morgan fingerprint density at radius 2 is 1.85 bits per heavy atom. The standard InChI is InChI=1S/C16H20ClNO2/c17-12-4-6-13(7-5-12)18-15(19)20-14-8-11-16(14)9-2-1-3-10-16/h4-7,14H,1-3,8-11H2,(H,18,19)/t14-/m0/s1. The molecule has 2 aliphatic rings. The third-order valence-corrected chi connectivity index (χ3v) is 5.03. The minimum atomic E-state index is -0.345. The van der Waals surface area contributed by atoms with E-state index in [1.165, 1.54) is 38.5 Å². The van der Waals surface area contributed by atoms with Gasteiger partial charge in [0.15, 0.2) is 0 Å². The van der Waals surface area contributed by atoms with Crippen LogP contribution in [0.15, 0.2) is 24.3 Å². The fourth-order valence-corrected chi connectivity index (χ4v) is 3.62. The quantitative estimate of drug-likeness (QED) is 0.833. The van der Waals surface area contributed by atoms with Crippen molar-refractivity contribution in [2.45, 2.75) is 51.0 Å². The molecule has 1 spiro atoms. The summed E-state index contributed by atoms with van der Waals surface area (Å²) in [6, 6.07) is 7.06. The lowest BCUT2D eigenvalue weighted by atomic mass is 9.58. The molecule has 1 aromatic carbocycles. The normalized spacial score (nSPS) is 23.9. The SMILES string of the molecule is O=C(Nc1ccc(Cl)cc1)O[C@H]1CCC12CCCCC2. The van der Waals surface area contributed by atoms with E-state index in [1.807, 2.05) is 0 Å². The number of carbonyl (C=O) groups excluding carboxylic acids is 1. The summed E-state index contributed by atoms with van der Waals surface area (Å²) >= 11 is 5.82. The van der Waals surface area contributed by atoms with Gasteiger partial charge in [-0.2, -0.15) is 0 Å². The van der Waals surface area contributed by atoms with E-state index < -0.39 is 0 Å². The van der Waals surface area contributed by atoms with Gasteiger partial charge in [0, 0.05) is 16.1 Å². The molecule has 4 heteroatoms. The summed E-state index contributed by atoms with van der Waals surface area (Å²) in [7, 11) is 0. The summed E-state index contributed by atoms with van der Waals surface area (Å²) in [6.45, 7) is 0. The average molecular weight is 294 g/mol. The molecule has 2 aliphatic carbocycles. The van der Waals surface area contributed by atoms with Crippen LogP contribution < -0.4 is 5.32 Å². The Balaban J connectivity index is 1.55. The maximum Gasteiger partial charge on any atom is 0.411 e. The van der Waals surface area contributed by atoms with E-state index in [0.717, 1.165) is 12.1 Å². The van der Waals surface area contributed by atoms with Gasteiger partial charge in [0.25, 0.3) is 0 Å². The first-order valence-electron chi connectivity index (χ1n) is 7.41. The highest BCUT2D eigenvalue weighted by Crippen LogP contribution is 2.53. The maximum atomic E-state index is 12.0. The second-order valence-corrected chi connectivity index (χ2v) is 6.42. The Labute approximate surface area is 124 Å². The molecule has 0 aliphatic heterocycles. The number of hydrogen-bond acceptors (Lipinski definition) is 2. The Morgan fingerprint density at radius 1 is 1.15 bits per heavy atom. The predicted octanol–water partition coefficient (Wildman–Crippen LogP) is 5.00. The Morgan fingerprint density at radius 3 is 2.45 bits per heavy atom. The Hall–Kier alpha value is -1.22. The van der Waals surface area contributed by atoms with Crippen LogP contribution in [0.2, 0.25) is 5.02 Å². The number of amides is 1. The van der Waals surface area contributed by atoms with Crippen molar-refractivity contribution in [2.24, 2.45) is 5.41 Å². The average Bonchev–Trinajstić information content (AvgIpc) is 2.47. The van der Waals surface area contributed by atoms with Gasteiger partial charge in [-0.3, -0.25) is 5.32 Å². The number of benzene rings is 1. The molecule has 0 radical (unpaired) electrons. The lowest BCUT2D eigenvalue weighted by Gasteiger charge is -2.50. The van der Waals surface area contributed by atoms with Gasteiger partial charge in [0.1, 0.15) is 6.10 Å². The molecular formula is C16H20ClNO2. The zero-order valence-corrected chi connectivity index (χ0v) is 12.3. The number of carbonyl (C=O) groups is 1. The molecule has 108 valence electrons. The molecule has 1 atom stereocenters. The lowest BCUT2D eigenvalue weighted by Crippen LogP contribution is -2.49. The monoisotopic (exact) mass is 293 g/mol. The third kappa shape index (κ3) is 2.78. The van der Waals surface area contributed by atoms with Gasteiger partial charge in [0.2, 0.25) is 0 Å². The van der Waals surface area contributed by atoms with Crippen molar-refractivity contribution < 1.29 is 9.53 Å². The van der Waals surface area contributed by atoms with Crippen molar-refractivity contribution in [1.29, 1.82) is 0 Å². The topological polar surface area (TPSA) is 38.3 Å². The van der Waals surface area contributed by atoms with Crippen LogP contribution in [0.25, 0.3) is 0 Å². The molecule has 0 saturated heterocycles. The second-order valence-electron chi connectivity index (χ2n) is 5.99. The van der Waals surface area contributed by atoms with Gasteiger partial charge in [-0.05, 0) is 49.9 Å². The van der Waals surface area contributed by atoms with Crippen molar-refractivity contribution in [3.63, 3.8) is 0 Å². The van der Waals surface area contributed by atoms with Crippen LogP contribution in [0.3, 0.4) is 0 Å². The van der Waals surface area contributed by atoms with Crippen molar-refractivity contribution in [1.82, 2.24) is 0 Å². The van der Waals surface area contributed by atoms with Crippen molar-refractivity contribution in [3.8, 4) is 0 Å². The van der Waals surface area contributed by atoms with Gasteiger partial charge < -0.3 is 4.74 Å². The van der Waals surface area contributed by atoms with E-state index in [2.05, 4.69) is 5.32 Å². The van der Waals surface area contributed by atoms with Crippen molar-refractivity contribution in [3.05, 3.63) is 29.3 Å². The maximum absolute atomic E-state index is 12.0. The molecule has 20 heavy (non-hydrogen) atoms. The molecule has 1 amide bonds. The number of nitrogens with one attached hydrogen (secondary N) is 1. The molecule has 1 aromatic rings. The van der Waals surface area contributed by atoms with Crippen molar-refractivity contribution in [2.75, 3.05) is 5.32 Å². The zero-order valence-electron chi connectivity index (χ0n) is 11.5. The summed E-state index contributed by atoms with van der Waals surface area (Å²) < 4.78 is 5.63. The Bertz CT molecular complexity index is 480. The van der Waals surface area contributed by atoms with E-state index in [1.54, 1.807) is 24.3 Å². The molecule has 0 heterocycles. The van der Waals surface area contributed by atoms with Crippen LogP contribution in [0.5, 0.6) is 0 Å². The highest BCUT2D eigenvalue weighted by atomic mass is 35.5. The highest BCUT2D eigenvalue weighted by Gasteiger charge is 2.49. The van der Waals surface area contributed by atoms with E-state index >= 15 is 0 Å². The number of anilines is 1. The molecule has 0 bridgehead atoms. The molecule has 3 nitrogen and oxygen atoms in total. The smallest absolute Gasteiger partial charge is 0.411 e. The number of rotatable bonds is 2. The molecule has 0 aromatic heterocycles. The fourth-order valence-electron chi connectivity index (χ4n) is 3.49. The first-order valence-corrected chi connectivity index (χ1v) is 7.79. The summed E-state index contributed by atoms with van der Waals surface area (Å²) in [5.74, 6) is 0. The molecule has 3 rings (SSSR count). The van der Waals surface area contributed by atoms with Crippen LogP contribution >= 0.6 is 11.6 Å². The van der Waals surface area contributed by atoms with E-state index in [4.69, 9.17) is 16.3 Å². The van der Waals surface area contributed by atoms with E-state index in [0.29, 0.717) is 5.02 Å². The van der Waals surface area contributed by atoms with Gasteiger partial charge in [-0.15, -0.1) is 0 Å². The lowest BCUT2D eigenvalue weighted by molar-refractivity contribution is -0.0890. The van der Waals surface area contributed by atoms with Gasteiger partial charge in [0.05, 0.1) is 0 Å². The minimum absolute atomic E-state index is 0.107. The number of halogens is 1. The van der Waals surface area contributed by atoms with Gasteiger partial charge in [-0.1, -0.05) is 30.9 Å². The number of hydrogen-bond donors (Lipinski definition) is 1. The third-order valence-electron chi connectivity index (χ3n) is 4.78. The first kappa shape index (κ1) is 13.7. The molecule has 2 fully saturated rings. The van der Waals surface area contributed by atoms with Crippen LogP contribution in [0.1, 0.15) is 44.9 Å². The summed E-state index contributed by atoms with van der Waals surface area (Å²) in [6.07, 6.45) is 8.29. The molecular weight excluding hydrogens is 274 g/mol. The van der Waals surface area contributed by atoms with Crippen LogP contribution in [0, 0.1) is 5.41 Å². The molecule has 1 N–H and O–H groups in total. The van der Waals surface area contributed by atoms with Gasteiger partial charge >= 0.3 is 6.09 Å². The van der Waals surface area contributed by atoms with E-state index in [-0.39, 0.29) is 17.6 Å². The summed E-state index contributed by atoms with van der Waals surface area (Å²) in [5.41, 5.74) is 1.01. The Kier molecular flexibility index (Phi) is 3.88. The summed E-state index contributed by atoms with van der Waals surface area (Å²) in [4.78, 5) is 12.0. The molecule has 2 saturated carbocycles. The minimum Gasteiger partial charge on any atom is -0.445 e. The summed E-state index contributed by atoms with van der Waals surface area (Å²) in [5, 5.41) is 3.43. The highest BCUT2D eigenvalue weighted by molar-refractivity contribution is 6.30. The fraction of sp³-hybridized carbons (Fsp3) is 0.562. The van der Waals surface area contributed by atoms with Crippen molar-refractivity contribution >= 4 is 23.4 Å². The van der Waals surface area contributed by atoms with E-state index in [9.17, 15) is 4.79 Å². The predicted molar refractivity (Wildman–Crippen MR) is 80.1 cm³/mol. The van der Waals surface area contributed by atoms with Crippen LogP contribution in [-0.2, 0) is 4.74 Å². The van der Waals surface area contributed by atoms with Gasteiger partial charge in [-0.25, -0.2) is 4.79 Å². The van der Waals surface area contributed by atoms with Crippen LogP contribution in [0.4, 0.5) is 10.5 Å². The first-order chi connectivity index (χ1) is 9.68. The number of ether oxygens (including phenoxy) is 1. The zero-order chi connectivity index (χ0) is 14.0. The second kappa shape index (κ2) is 5.65. The largest absolute Gasteiger partial charge is 0.445 e.